The number of aromatic nitrogens is 1. The van der Waals surface area contributed by atoms with Crippen molar-refractivity contribution in [2.24, 2.45) is 5.73 Å². The second-order valence-electron chi connectivity index (χ2n) is 3.89. The zero-order valence-electron chi connectivity index (χ0n) is 9.82. The van der Waals surface area contributed by atoms with Crippen molar-refractivity contribution in [3.63, 3.8) is 0 Å². The molecule has 0 fully saturated rings. The Morgan fingerprint density at radius 1 is 1.59 bits per heavy atom. The normalized spacial score (nSPS) is 14.0. The SMILES string of the molecule is CCC(N)(C#N)CCCSc1ccc(Cl)cn1. The van der Waals surface area contributed by atoms with E-state index in [1.165, 1.54) is 0 Å². The van der Waals surface area contributed by atoms with Crippen LogP contribution in [0.25, 0.3) is 0 Å². The minimum Gasteiger partial charge on any atom is -0.313 e. The molecular weight excluding hydrogens is 254 g/mol. The molecule has 2 N–H and O–H groups in total. The van der Waals surface area contributed by atoms with E-state index in [4.69, 9.17) is 22.6 Å². The third-order valence-corrected chi connectivity index (χ3v) is 3.82. The molecular formula is C12H16ClN3S. The fourth-order valence-corrected chi connectivity index (χ4v) is 2.22. The molecule has 0 aliphatic rings. The average molecular weight is 270 g/mol. The van der Waals surface area contributed by atoms with Gasteiger partial charge in [-0.05, 0) is 37.1 Å². The Kier molecular flexibility index (Phi) is 5.76. The Balaban J connectivity index is 2.29. The highest BCUT2D eigenvalue weighted by molar-refractivity contribution is 7.99. The van der Waals surface area contributed by atoms with Gasteiger partial charge in [-0.1, -0.05) is 18.5 Å². The molecule has 1 atom stereocenters. The summed E-state index contributed by atoms with van der Waals surface area (Å²) < 4.78 is 0. The van der Waals surface area contributed by atoms with Gasteiger partial charge in [-0.15, -0.1) is 11.8 Å². The summed E-state index contributed by atoms with van der Waals surface area (Å²) in [5, 5.41) is 10.5. The molecule has 0 amide bonds. The predicted octanol–water partition coefficient (Wildman–Crippen LogP) is 3.24. The molecule has 5 heteroatoms. The summed E-state index contributed by atoms with van der Waals surface area (Å²) in [6, 6.07) is 5.89. The second-order valence-corrected chi connectivity index (χ2v) is 5.44. The molecule has 17 heavy (non-hydrogen) atoms. The predicted molar refractivity (Wildman–Crippen MR) is 72.0 cm³/mol. The fraction of sp³-hybridized carbons (Fsp3) is 0.500. The molecule has 0 radical (unpaired) electrons. The smallest absolute Gasteiger partial charge is 0.104 e. The van der Waals surface area contributed by atoms with Crippen LogP contribution in [0.3, 0.4) is 0 Å². The Hall–Kier alpha value is -0.760. The van der Waals surface area contributed by atoms with Crippen LogP contribution in [0.1, 0.15) is 26.2 Å². The quantitative estimate of drug-likeness (QED) is 0.636. The summed E-state index contributed by atoms with van der Waals surface area (Å²) in [7, 11) is 0. The first-order valence-electron chi connectivity index (χ1n) is 5.54. The van der Waals surface area contributed by atoms with Crippen molar-refractivity contribution < 1.29 is 0 Å². The van der Waals surface area contributed by atoms with Gasteiger partial charge in [-0.2, -0.15) is 5.26 Å². The summed E-state index contributed by atoms with van der Waals surface area (Å²) in [6.07, 6.45) is 3.96. The number of hydrogen-bond donors (Lipinski definition) is 1. The maximum Gasteiger partial charge on any atom is 0.104 e. The lowest BCUT2D eigenvalue weighted by Crippen LogP contribution is -2.37. The summed E-state index contributed by atoms with van der Waals surface area (Å²) in [5.41, 5.74) is 5.22. The molecule has 1 aromatic heterocycles. The third kappa shape index (κ3) is 4.95. The van der Waals surface area contributed by atoms with Crippen molar-refractivity contribution in [1.29, 1.82) is 5.26 Å². The van der Waals surface area contributed by atoms with Crippen LogP contribution >= 0.6 is 23.4 Å². The Morgan fingerprint density at radius 3 is 2.88 bits per heavy atom. The van der Waals surface area contributed by atoms with Gasteiger partial charge in [0.05, 0.1) is 16.1 Å². The summed E-state index contributed by atoms with van der Waals surface area (Å²) >= 11 is 7.40. The van der Waals surface area contributed by atoms with E-state index < -0.39 is 5.54 Å². The first-order valence-corrected chi connectivity index (χ1v) is 6.90. The summed E-state index contributed by atoms with van der Waals surface area (Å²) in [4.78, 5) is 4.19. The van der Waals surface area contributed by atoms with Gasteiger partial charge in [0.2, 0.25) is 0 Å². The van der Waals surface area contributed by atoms with Crippen molar-refractivity contribution in [3.05, 3.63) is 23.4 Å². The summed E-state index contributed by atoms with van der Waals surface area (Å²) in [6.45, 7) is 1.94. The third-order valence-electron chi connectivity index (χ3n) is 2.57. The van der Waals surface area contributed by atoms with Crippen LogP contribution in [0.2, 0.25) is 5.02 Å². The molecule has 1 unspecified atom stereocenters. The molecule has 92 valence electrons. The van der Waals surface area contributed by atoms with E-state index in [0.717, 1.165) is 23.6 Å². The number of halogens is 1. The lowest BCUT2D eigenvalue weighted by atomic mass is 9.94. The zero-order chi connectivity index (χ0) is 12.7. The van der Waals surface area contributed by atoms with Gasteiger partial charge < -0.3 is 5.73 Å². The molecule has 3 nitrogen and oxygen atoms in total. The number of thioether (sulfide) groups is 1. The highest BCUT2D eigenvalue weighted by atomic mass is 35.5. The van der Waals surface area contributed by atoms with Crippen molar-refractivity contribution >= 4 is 23.4 Å². The Morgan fingerprint density at radius 2 is 2.35 bits per heavy atom. The van der Waals surface area contributed by atoms with Gasteiger partial charge in [0.15, 0.2) is 0 Å². The van der Waals surface area contributed by atoms with Crippen molar-refractivity contribution in [3.8, 4) is 6.07 Å². The van der Waals surface area contributed by atoms with Crippen LogP contribution in [0.4, 0.5) is 0 Å². The van der Waals surface area contributed by atoms with Crippen LogP contribution in [0.15, 0.2) is 23.4 Å². The monoisotopic (exact) mass is 269 g/mol. The van der Waals surface area contributed by atoms with E-state index in [0.29, 0.717) is 11.4 Å². The van der Waals surface area contributed by atoms with Gasteiger partial charge in [0, 0.05) is 6.20 Å². The van der Waals surface area contributed by atoms with Gasteiger partial charge in [0.1, 0.15) is 5.54 Å². The van der Waals surface area contributed by atoms with E-state index in [2.05, 4.69) is 11.1 Å². The van der Waals surface area contributed by atoms with Gasteiger partial charge in [-0.25, -0.2) is 4.98 Å². The molecule has 1 heterocycles. The number of nitrogens with zero attached hydrogens (tertiary/aromatic N) is 2. The Bertz CT molecular complexity index is 388. The molecule has 0 bridgehead atoms. The molecule has 1 aromatic rings. The number of rotatable bonds is 6. The maximum absolute atomic E-state index is 8.92. The molecule has 1 rings (SSSR count). The maximum atomic E-state index is 8.92. The van der Waals surface area contributed by atoms with E-state index in [1.54, 1.807) is 18.0 Å². The van der Waals surface area contributed by atoms with Crippen LogP contribution in [-0.2, 0) is 0 Å². The highest BCUT2D eigenvalue weighted by Crippen LogP contribution is 2.21. The second kappa shape index (κ2) is 6.85. The van der Waals surface area contributed by atoms with Crippen molar-refractivity contribution in [2.45, 2.75) is 36.8 Å². The lowest BCUT2D eigenvalue weighted by Gasteiger charge is -2.18. The lowest BCUT2D eigenvalue weighted by molar-refractivity contribution is 0.478. The number of hydrogen-bond acceptors (Lipinski definition) is 4. The van der Waals surface area contributed by atoms with Crippen LogP contribution < -0.4 is 5.73 Å². The number of nitriles is 1. The zero-order valence-corrected chi connectivity index (χ0v) is 11.4. The average Bonchev–Trinajstić information content (AvgIpc) is 2.36. The van der Waals surface area contributed by atoms with Crippen LogP contribution in [-0.4, -0.2) is 16.3 Å². The summed E-state index contributed by atoms with van der Waals surface area (Å²) in [5.74, 6) is 0.912. The topological polar surface area (TPSA) is 62.7 Å². The van der Waals surface area contributed by atoms with E-state index in [9.17, 15) is 0 Å². The molecule has 0 saturated carbocycles. The van der Waals surface area contributed by atoms with E-state index in [1.807, 2.05) is 19.1 Å². The number of pyridine rings is 1. The van der Waals surface area contributed by atoms with Gasteiger partial charge in [-0.3, -0.25) is 0 Å². The van der Waals surface area contributed by atoms with Crippen LogP contribution in [0.5, 0.6) is 0 Å². The number of nitrogens with two attached hydrogens (primary N) is 1. The molecule has 0 spiro atoms. The van der Waals surface area contributed by atoms with E-state index >= 15 is 0 Å². The van der Waals surface area contributed by atoms with Crippen molar-refractivity contribution in [2.75, 3.05) is 5.75 Å². The highest BCUT2D eigenvalue weighted by Gasteiger charge is 2.20. The molecule has 0 saturated heterocycles. The Labute approximate surface area is 111 Å². The van der Waals surface area contributed by atoms with Crippen LogP contribution in [0, 0.1) is 11.3 Å². The minimum atomic E-state index is -0.673. The minimum absolute atomic E-state index is 0.644. The van der Waals surface area contributed by atoms with Gasteiger partial charge in [0.25, 0.3) is 0 Å². The largest absolute Gasteiger partial charge is 0.313 e. The molecule has 0 aromatic carbocycles. The van der Waals surface area contributed by atoms with E-state index in [-0.39, 0.29) is 0 Å². The molecule has 0 aliphatic carbocycles. The standard InChI is InChI=1S/C12H16ClN3S/c1-2-12(15,9-14)6-3-7-17-11-5-4-10(13)8-16-11/h4-5,8H,2-3,6-7,15H2,1H3. The fourth-order valence-electron chi connectivity index (χ4n) is 1.32. The first kappa shape index (κ1) is 14.3. The first-order chi connectivity index (χ1) is 8.09. The van der Waals surface area contributed by atoms with Crippen molar-refractivity contribution in [1.82, 2.24) is 4.98 Å². The molecule has 0 aliphatic heterocycles. The van der Waals surface area contributed by atoms with Gasteiger partial charge >= 0.3 is 0 Å².